The molecule has 0 spiro atoms. The molecule has 6 heteroatoms. The fourth-order valence-electron chi connectivity index (χ4n) is 0.855. The van der Waals surface area contributed by atoms with Crippen molar-refractivity contribution in [2.24, 2.45) is 0 Å². The number of nitrogens with zero attached hydrogens (tertiary/aromatic N) is 2. The molecule has 0 saturated heterocycles. The Morgan fingerprint density at radius 2 is 2.43 bits per heavy atom. The molecule has 3 N–H and O–H groups in total. The lowest BCUT2D eigenvalue weighted by Crippen LogP contribution is -2.25. The van der Waals surface area contributed by atoms with Crippen LogP contribution in [0.3, 0.4) is 0 Å². The Hall–Kier alpha value is -1.69. The van der Waals surface area contributed by atoms with Crippen LogP contribution in [0.4, 0.5) is 5.82 Å². The second-order valence-corrected chi connectivity index (χ2v) is 2.58. The molecule has 0 aliphatic heterocycles. The number of aromatic nitrogens is 2. The Labute approximate surface area is 81.4 Å². The van der Waals surface area contributed by atoms with Gasteiger partial charge >= 0.3 is 0 Å². The van der Waals surface area contributed by atoms with E-state index in [2.05, 4.69) is 15.4 Å². The summed E-state index contributed by atoms with van der Waals surface area (Å²) in [5.41, 5.74) is 7.95. The monoisotopic (exact) mass is 196 g/mol. The van der Waals surface area contributed by atoms with Crippen molar-refractivity contribution >= 4 is 11.7 Å². The zero-order valence-electron chi connectivity index (χ0n) is 8.07. The second kappa shape index (κ2) is 4.52. The summed E-state index contributed by atoms with van der Waals surface area (Å²) in [4.78, 5) is 23.8. The minimum absolute atomic E-state index is 0.148. The van der Waals surface area contributed by atoms with Crippen molar-refractivity contribution in [2.75, 3.05) is 12.3 Å². The van der Waals surface area contributed by atoms with E-state index in [-0.39, 0.29) is 11.4 Å². The van der Waals surface area contributed by atoms with Crippen molar-refractivity contribution in [3.8, 4) is 0 Å². The third kappa shape index (κ3) is 2.40. The van der Waals surface area contributed by atoms with E-state index in [9.17, 15) is 4.79 Å². The summed E-state index contributed by atoms with van der Waals surface area (Å²) in [5.74, 6) is 0.231. The van der Waals surface area contributed by atoms with Crippen molar-refractivity contribution in [1.82, 2.24) is 15.4 Å². The molecule has 0 aliphatic carbocycles. The SMILES string of the molecule is CCONC(=O)c1cnc(C)nc1N. The number of rotatable bonds is 3. The van der Waals surface area contributed by atoms with Crippen LogP contribution in [0.5, 0.6) is 0 Å². The van der Waals surface area contributed by atoms with Crippen LogP contribution in [-0.4, -0.2) is 22.5 Å². The van der Waals surface area contributed by atoms with Crippen LogP contribution in [0.25, 0.3) is 0 Å². The van der Waals surface area contributed by atoms with E-state index in [1.165, 1.54) is 6.20 Å². The van der Waals surface area contributed by atoms with E-state index in [0.717, 1.165) is 0 Å². The second-order valence-electron chi connectivity index (χ2n) is 2.58. The van der Waals surface area contributed by atoms with Gasteiger partial charge in [-0.05, 0) is 13.8 Å². The molecule has 1 aromatic rings. The fraction of sp³-hybridized carbons (Fsp3) is 0.375. The summed E-state index contributed by atoms with van der Waals surface area (Å²) in [5, 5.41) is 0. The number of carbonyl (C=O) groups is 1. The number of nitrogen functional groups attached to an aromatic ring is 1. The number of aryl methyl sites for hydroxylation is 1. The number of hydrogen-bond acceptors (Lipinski definition) is 5. The molecule has 0 bridgehead atoms. The molecule has 0 fully saturated rings. The van der Waals surface area contributed by atoms with E-state index >= 15 is 0 Å². The summed E-state index contributed by atoms with van der Waals surface area (Å²) in [6, 6.07) is 0. The van der Waals surface area contributed by atoms with E-state index < -0.39 is 5.91 Å². The van der Waals surface area contributed by atoms with Gasteiger partial charge in [0.2, 0.25) is 0 Å². The van der Waals surface area contributed by atoms with Gasteiger partial charge in [-0.3, -0.25) is 9.63 Å². The molecule has 0 aliphatic rings. The number of carbonyl (C=O) groups excluding carboxylic acids is 1. The van der Waals surface area contributed by atoms with Gasteiger partial charge in [0.05, 0.1) is 6.61 Å². The maximum Gasteiger partial charge on any atom is 0.280 e. The van der Waals surface area contributed by atoms with E-state index in [4.69, 9.17) is 10.6 Å². The number of hydrogen-bond donors (Lipinski definition) is 2. The van der Waals surface area contributed by atoms with E-state index in [0.29, 0.717) is 12.4 Å². The van der Waals surface area contributed by atoms with Crippen LogP contribution in [0, 0.1) is 6.92 Å². The smallest absolute Gasteiger partial charge is 0.280 e. The lowest BCUT2D eigenvalue weighted by molar-refractivity contribution is 0.0365. The van der Waals surface area contributed by atoms with Crippen LogP contribution in [0.2, 0.25) is 0 Å². The molecular formula is C8H12N4O2. The summed E-state index contributed by atoms with van der Waals surface area (Å²) in [6.45, 7) is 3.84. The third-order valence-corrected chi connectivity index (χ3v) is 1.49. The molecule has 0 aromatic carbocycles. The van der Waals surface area contributed by atoms with Crippen molar-refractivity contribution in [2.45, 2.75) is 13.8 Å². The molecule has 1 heterocycles. The zero-order chi connectivity index (χ0) is 10.6. The van der Waals surface area contributed by atoms with Crippen LogP contribution < -0.4 is 11.2 Å². The first-order valence-electron chi connectivity index (χ1n) is 4.16. The lowest BCUT2D eigenvalue weighted by Gasteiger charge is -2.05. The lowest BCUT2D eigenvalue weighted by atomic mass is 10.3. The van der Waals surface area contributed by atoms with Crippen molar-refractivity contribution in [1.29, 1.82) is 0 Å². The Balaban J connectivity index is 2.80. The van der Waals surface area contributed by atoms with Crippen LogP contribution in [0.1, 0.15) is 23.1 Å². The minimum atomic E-state index is -0.440. The quantitative estimate of drug-likeness (QED) is 0.666. The first kappa shape index (κ1) is 10.4. The Morgan fingerprint density at radius 3 is 3.00 bits per heavy atom. The molecule has 1 amide bonds. The zero-order valence-corrected chi connectivity index (χ0v) is 8.07. The first-order valence-corrected chi connectivity index (χ1v) is 4.16. The first-order chi connectivity index (χ1) is 6.65. The Kier molecular flexibility index (Phi) is 3.35. The molecule has 14 heavy (non-hydrogen) atoms. The molecule has 0 saturated carbocycles. The minimum Gasteiger partial charge on any atom is -0.383 e. The maximum absolute atomic E-state index is 11.3. The van der Waals surface area contributed by atoms with Crippen molar-refractivity contribution in [3.05, 3.63) is 17.6 Å². The molecule has 1 rings (SSSR count). The van der Waals surface area contributed by atoms with Gasteiger partial charge in [-0.2, -0.15) is 0 Å². The maximum atomic E-state index is 11.3. The highest BCUT2D eigenvalue weighted by Gasteiger charge is 2.10. The topological polar surface area (TPSA) is 90.1 Å². The summed E-state index contributed by atoms with van der Waals surface area (Å²) in [7, 11) is 0. The Morgan fingerprint density at radius 1 is 1.71 bits per heavy atom. The van der Waals surface area contributed by atoms with Crippen LogP contribution in [-0.2, 0) is 4.84 Å². The van der Waals surface area contributed by atoms with E-state index in [1.807, 2.05) is 0 Å². The highest BCUT2D eigenvalue weighted by molar-refractivity contribution is 5.97. The summed E-state index contributed by atoms with van der Waals surface area (Å²) < 4.78 is 0. The predicted molar refractivity (Wildman–Crippen MR) is 50.3 cm³/mol. The van der Waals surface area contributed by atoms with Gasteiger partial charge in [0.25, 0.3) is 5.91 Å². The van der Waals surface area contributed by atoms with Crippen molar-refractivity contribution in [3.63, 3.8) is 0 Å². The standard InChI is InChI=1S/C8H12N4O2/c1-3-14-12-8(13)6-4-10-5(2)11-7(6)9/h4H,3H2,1-2H3,(H,12,13)(H2,9,10,11). The van der Waals surface area contributed by atoms with Crippen molar-refractivity contribution < 1.29 is 9.63 Å². The van der Waals surface area contributed by atoms with Gasteiger partial charge in [-0.1, -0.05) is 0 Å². The largest absolute Gasteiger partial charge is 0.383 e. The molecule has 0 atom stereocenters. The normalized spacial score (nSPS) is 9.86. The molecule has 0 unspecified atom stereocenters. The Bertz CT molecular complexity index is 340. The summed E-state index contributed by atoms with van der Waals surface area (Å²) >= 11 is 0. The predicted octanol–water partition coefficient (Wildman–Crippen LogP) is 0.0485. The fourth-order valence-corrected chi connectivity index (χ4v) is 0.855. The van der Waals surface area contributed by atoms with Gasteiger partial charge in [-0.25, -0.2) is 15.4 Å². The van der Waals surface area contributed by atoms with Crippen LogP contribution in [0.15, 0.2) is 6.20 Å². The number of nitrogens with one attached hydrogen (secondary N) is 1. The highest BCUT2D eigenvalue weighted by Crippen LogP contribution is 2.06. The van der Waals surface area contributed by atoms with Crippen LogP contribution >= 0.6 is 0 Å². The number of anilines is 1. The van der Waals surface area contributed by atoms with Gasteiger partial charge in [-0.15, -0.1) is 0 Å². The highest BCUT2D eigenvalue weighted by atomic mass is 16.6. The molecule has 6 nitrogen and oxygen atoms in total. The number of nitrogens with two attached hydrogens (primary N) is 1. The molecule has 76 valence electrons. The number of hydroxylamine groups is 1. The molecule has 1 aromatic heterocycles. The average Bonchev–Trinajstić information content (AvgIpc) is 2.14. The van der Waals surface area contributed by atoms with Gasteiger partial charge in [0, 0.05) is 6.20 Å². The van der Waals surface area contributed by atoms with E-state index in [1.54, 1.807) is 13.8 Å². The van der Waals surface area contributed by atoms with Gasteiger partial charge < -0.3 is 5.73 Å². The number of amides is 1. The van der Waals surface area contributed by atoms with Gasteiger partial charge in [0.15, 0.2) is 0 Å². The molecule has 0 radical (unpaired) electrons. The summed E-state index contributed by atoms with van der Waals surface area (Å²) in [6.07, 6.45) is 1.37. The van der Waals surface area contributed by atoms with Gasteiger partial charge in [0.1, 0.15) is 17.2 Å². The average molecular weight is 196 g/mol. The third-order valence-electron chi connectivity index (χ3n) is 1.49. The molecular weight excluding hydrogens is 184 g/mol.